The number of nitrogens with one attached hydrogen (secondary N) is 1. The molecule has 0 bridgehead atoms. The van der Waals surface area contributed by atoms with Gasteiger partial charge in [0.15, 0.2) is 0 Å². The first-order chi connectivity index (χ1) is 12.4. The molecule has 0 aliphatic carbocycles. The summed E-state index contributed by atoms with van der Waals surface area (Å²) in [6.45, 7) is 0.121. The van der Waals surface area contributed by atoms with Gasteiger partial charge >= 0.3 is 0 Å². The van der Waals surface area contributed by atoms with E-state index in [2.05, 4.69) is 17.2 Å². The molecule has 0 spiro atoms. The minimum absolute atomic E-state index is 0.00526. The fourth-order valence-electron chi connectivity index (χ4n) is 1.97. The van der Waals surface area contributed by atoms with E-state index in [1.807, 2.05) is 30.3 Å². The van der Waals surface area contributed by atoms with E-state index in [1.165, 1.54) is 32.4 Å². The van der Waals surface area contributed by atoms with Crippen molar-refractivity contribution in [3.05, 3.63) is 64.7 Å². The van der Waals surface area contributed by atoms with Gasteiger partial charge in [-0.3, -0.25) is 9.63 Å². The van der Waals surface area contributed by atoms with E-state index < -0.39 is 15.9 Å². The Bertz CT molecular complexity index is 950. The maximum atomic E-state index is 12.3. The van der Waals surface area contributed by atoms with Gasteiger partial charge in [0.2, 0.25) is 0 Å². The molecule has 2 aromatic rings. The van der Waals surface area contributed by atoms with E-state index >= 15 is 0 Å². The molecule has 0 fully saturated rings. The Morgan fingerprint density at radius 3 is 2.58 bits per heavy atom. The lowest BCUT2D eigenvalue weighted by Crippen LogP contribution is -2.27. The molecule has 0 aliphatic rings. The Hall–Kier alpha value is -2.37. The van der Waals surface area contributed by atoms with E-state index in [-0.39, 0.29) is 22.0 Å². The number of halogens is 1. The molecule has 0 heterocycles. The third-order valence-corrected chi connectivity index (χ3v) is 5.57. The predicted molar refractivity (Wildman–Crippen MR) is 99.1 cm³/mol. The lowest BCUT2D eigenvalue weighted by atomic mass is 10.2. The van der Waals surface area contributed by atoms with E-state index in [0.717, 1.165) is 5.56 Å². The number of hydroxylamine groups is 1. The number of nitrogens with zero attached hydrogens (tertiary/aromatic N) is 1. The first kappa shape index (κ1) is 19.9. The van der Waals surface area contributed by atoms with Gasteiger partial charge in [0.25, 0.3) is 15.9 Å². The summed E-state index contributed by atoms with van der Waals surface area (Å²) in [7, 11) is -1.52. The van der Waals surface area contributed by atoms with Crippen molar-refractivity contribution < 1.29 is 18.0 Å². The summed E-state index contributed by atoms with van der Waals surface area (Å²) in [5.74, 6) is 5.29. The Morgan fingerprint density at radius 2 is 1.92 bits per heavy atom. The molecule has 8 heteroatoms. The molecule has 0 aromatic heterocycles. The quantitative estimate of drug-likeness (QED) is 0.625. The topological polar surface area (TPSA) is 75.7 Å². The Balaban J connectivity index is 2.13. The summed E-state index contributed by atoms with van der Waals surface area (Å²) in [5, 5.41) is 2.61. The molecule has 2 aromatic carbocycles. The van der Waals surface area contributed by atoms with Gasteiger partial charge in [0.1, 0.15) is 4.90 Å². The van der Waals surface area contributed by atoms with Crippen molar-refractivity contribution in [2.45, 2.75) is 4.90 Å². The Kier molecular flexibility index (Phi) is 6.77. The minimum Gasteiger partial charge on any atom is -0.341 e. The second kappa shape index (κ2) is 8.83. The molecule has 0 atom stereocenters. The molecule has 6 nitrogen and oxygen atoms in total. The summed E-state index contributed by atoms with van der Waals surface area (Å²) >= 11 is 5.97. The summed E-state index contributed by atoms with van der Waals surface area (Å²) < 4.78 is 25.3. The maximum Gasteiger partial charge on any atom is 0.266 e. The zero-order valence-electron chi connectivity index (χ0n) is 14.2. The highest BCUT2D eigenvalue weighted by atomic mass is 35.5. The second-order valence-corrected chi connectivity index (χ2v) is 7.40. The fraction of sp³-hybridized carbons (Fsp3) is 0.167. The monoisotopic (exact) mass is 392 g/mol. The van der Waals surface area contributed by atoms with Gasteiger partial charge in [-0.2, -0.15) is 0 Å². The third-order valence-electron chi connectivity index (χ3n) is 3.41. The van der Waals surface area contributed by atoms with E-state index in [4.69, 9.17) is 16.4 Å². The van der Waals surface area contributed by atoms with Crippen LogP contribution in [0.5, 0.6) is 0 Å². The molecule has 0 unspecified atom stereocenters. The zero-order chi connectivity index (χ0) is 19.2. The summed E-state index contributed by atoms with van der Waals surface area (Å²) in [6.07, 6.45) is 0. The van der Waals surface area contributed by atoms with Gasteiger partial charge in [0.05, 0.1) is 18.7 Å². The zero-order valence-corrected chi connectivity index (χ0v) is 15.8. The van der Waals surface area contributed by atoms with Crippen LogP contribution in [-0.2, 0) is 14.9 Å². The SMILES string of the molecule is CON(C)S(=O)(=O)c1cc(C(=O)NCC#Cc2ccccc2)ccc1Cl. The average Bonchev–Trinajstić information content (AvgIpc) is 2.65. The van der Waals surface area contributed by atoms with Crippen LogP contribution in [0.15, 0.2) is 53.4 Å². The Morgan fingerprint density at radius 1 is 1.23 bits per heavy atom. The molecule has 1 amide bonds. The van der Waals surface area contributed by atoms with Gasteiger partial charge in [-0.1, -0.05) is 46.1 Å². The van der Waals surface area contributed by atoms with Crippen LogP contribution >= 0.6 is 11.6 Å². The van der Waals surface area contributed by atoms with E-state index in [1.54, 1.807) is 0 Å². The molecule has 2 rings (SSSR count). The van der Waals surface area contributed by atoms with E-state index in [0.29, 0.717) is 4.47 Å². The van der Waals surface area contributed by atoms with E-state index in [9.17, 15) is 13.2 Å². The average molecular weight is 393 g/mol. The second-order valence-electron chi connectivity index (χ2n) is 5.09. The van der Waals surface area contributed by atoms with Crippen LogP contribution in [0.25, 0.3) is 0 Å². The van der Waals surface area contributed by atoms with Crippen molar-refractivity contribution in [1.82, 2.24) is 9.79 Å². The smallest absolute Gasteiger partial charge is 0.266 e. The van der Waals surface area contributed by atoms with Crippen molar-refractivity contribution in [2.75, 3.05) is 20.7 Å². The maximum absolute atomic E-state index is 12.3. The molecule has 0 saturated carbocycles. The normalized spacial score (nSPS) is 10.9. The number of carbonyl (C=O) groups is 1. The number of hydrogen-bond donors (Lipinski definition) is 1. The predicted octanol–water partition coefficient (Wildman–Crippen LogP) is 2.30. The Labute approximate surface area is 157 Å². The molecule has 0 radical (unpaired) electrons. The van der Waals surface area contributed by atoms with Crippen LogP contribution in [0.4, 0.5) is 0 Å². The first-order valence-corrected chi connectivity index (χ1v) is 9.33. The molecule has 1 N–H and O–H groups in total. The largest absolute Gasteiger partial charge is 0.341 e. The summed E-state index contributed by atoms with van der Waals surface area (Å²) in [5.41, 5.74) is 0.989. The third kappa shape index (κ3) is 4.84. The summed E-state index contributed by atoms with van der Waals surface area (Å²) in [6, 6.07) is 13.3. The van der Waals surface area contributed by atoms with Crippen LogP contribution in [0.3, 0.4) is 0 Å². The highest BCUT2D eigenvalue weighted by Gasteiger charge is 2.25. The number of sulfonamides is 1. The van der Waals surface area contributed by atoms with Gasteiger partial charge in [-0.05, 0) is 30.3 Å². The molecule has 0 saturated heterocycles. The lowest BCUT2D eigenvalue weighted by Gasteiger charge is -2.15. The molecular formula is C18H17ClN2O4S. The summed E-state index contributed by atoms with van der Waals surface area (Å²) in [4.78, 5) is 16.7. The minimum atomic E-state index is -3.97. The van der Waals surface area contributed by atoms with Crippen LogP contribution in [0.1, 0.15) is 15.9 Å². The van der Waals surface area contributed by atoms with Gasteiger partial charge in [-0.25, -0.2) is 8.42 Å². The molecule has 26 heavy (non-hydrogen) atoms. The number of carbonyl (C=O) groups excluding carboxylic acids is 1. The van der Waals surface area contributed by atoms with Crippen LogP contribution in [0.2, 0.25) is 5.02 Å². The number of hydrogen-bond acceptors (Lipinski definition) is 4. The highest BCUT2D eigenvalue weighted by Crippen LogP contribution is 2.25. The van der Waals surface area contributed by atoms with Gasteiger partial charge in [0, 0.05) is 18.2 Å². The lowest BCUT2D eigenvalue weighted by molar-refractivity contribution is -0.0258. The molecular weight excluding hydrogens is 376 g/mol. The van der Waals surface area contributed by atoms with Crippen molar-refractivity contribution in [3.8, 4) is 11.8 Å². The fourth-order valence-corrected chi connectivity index (χ4v) is 3.45. The van der Waals surface area contributed by atoms with Crippen molar-refractivity contribution in [3.63, 3.8) is 0 Å². The first-order valence-electron chi connectivity index (χ1n) is 7.51. The van der Waals surface area contributed by atoms with Crippen molar-refractivity contribution in [2.24, 2.45) is 0 Å². The van der Waals surface area contributed by atoms with Gasteiger partial charge < -0.3 is 5.32 Å². The van der Waals surface area contributed by atoms with Crippen LogP contribution in [0, 0.1) is 11.8 Å². The molecule has 136 valence electrons. The number of rotatable bonds is 5. The van der Waals surface area contributed by atoms with Crippen molar-refractivity contribution in [1.29, 1.82) is 0 Å². The van der Waals surface area contributed by atoms with Crippen molar-refractivity contribution >= 4 is 27.5 Å². The standard InChI is InChI=1S/C18H17ClN2O4S/c1-21(25-2)26(23,24)17-13-15(10-11-16(17)19)18(22)20-12-6-9-14-7-4-3-5-8-14/h3-5,7-8,10-11,13H,12H2,1-2H3,(H,20,22). The number of benzene rings is 2. The van der Waals surface area contributed by atoms with Crippen LogP contribution < -0.4 is 5.32 Å². The van der Waals surface area contributed by atoms with Crippen LogP contribution in [-0.4, -0.2) is 39.5 Å². The van der Waals surface area contributed by atoms with Gasteiger partial charge in [-0.15, -0.1) is 0 Å². The number of amides is 1. The molecule has 0 aliphatic heterocycles. The highest BCUT2D eigenvalue weighted by molar-refractivity contribution is 7.89.